The number of esters is 1. The Morgan fingerprint density at radius 1 is 1.44 bits per heavy atom. The Morgan fingerprint density at radius 3 is 2.75 bits per heavy atom. The summed E-state index contributed by atoms with van der Waals surface area (Å²) in [5.74, 6) is -0.685. The number of aliphatic hydroxyl groups excluding tert-OH is 1. The van der Waals surface area contributed by atoms with E-state index in [0.717, 1.165) is 5.57 Å². The van der Waals surface area contributed by atoms with Gasteiger partial charge in [0.25, 0.3) is 0 Å². The molecule has 0 aliphatic carbocycles. The smallest absolute Gasteiger partial charge is 0.342 e. The van der Waals surface area contributed by atoms with E-state index >= 15 is 0 Å². The van der Waals surface area contributed by atoms with Gasteiger partial charge in [-0.15, -0.1) is 0 Å². The van der Waals surface area contributed by atoms with Gasteiger partial charge >= 0.3 is 5.97 Å². The van der Waals surface area contributed by atoms with E-state index in [2.05, 4.69) is 0 Å². The predicted octanol–water partition coefficient (Wildman–Crippen LogP) is 1.49. The molecule has 4 heteroatoms. The standard InChI is InChI=1S/C12H14O4/c1-9(8-13)6-7-16-12(15)10-4-2-3-5-11(10)14/h2-6,13-14H,7-8H2,1H3. The minimum atomic E-state index is -0.583. The van der Waals surface area contributed by atoms with Crippen LogP contribution in [0.1, 0.15) is 17.3 Å². The molecule has 0 unspecified atom stereocenters. The highest BCUT2D eigenvalue weighted by molar-refractivity contribution is 5.92. The van der Waals surface area contributed by atoms with Gasteiger partial charge in [0, 0.05) is 0 Å². The number of phenolic OH excluding ortho intramolecular Hbond substituents is 1. The van der Waals surface area contributed by atoms with Gasteiger partial charge in [-0.2, -0.15) is 0 Å². The maximum atomic E-state index is 11.5. The maximum absolute atomic E-state index is 11.5. The molecule has 1 rings (SSSR count). The molecule has 2 N–H and O–H groups in total. The molecule has 1 aromatic carbocycles. The van der Waals surface area contributed by atoms with Gasteiger partial charge in [-0.1, -0.05) is 12.1 Å². The van der Waals surface area contributed by atoms with E-state index in [1.54, 1.807) is 25.1 Å². The lowest BCUT2D eigenvalue weighted by Gasteiger charge is -2.04. The lowest BCUT2D eigenvalue weighted by molar-refractivity contribution is 0.0545. The van der Waals surface area contributed by atoms with Crippen molar-refractivity contribution >= 4 is 5.97 Å². The fourth-order valence-corrected chi connectivity index (χ4v) is 1.05. The van der Waals surface area contributed by atoms with Crippen molar-refractivity contribution in [1.82, 2.24) is 0 Å². The Bertz CT molecular complexity index is 396. The number of aliphatic hydroxyl groups is 1. The summed E-state index contributed by atoms with van der Waals surface area (Å²) in [4.78, 5) is 11.5. The van der Waals surface area contributed by atoms with Gasteiger partial charge < -0.3 is 14.9 Å². The molecule has 0 aromatic heterocycles. The third kappa shape index (κ3) is 3.40. The molecule has 0 aliphatic rings. The van der Waals surface area contributed by atoms with Crippen molar-refractivity contribution in [3.63, 3.8) is 0 Å². The number of phenols is 1. The first kappa shape index (κ1) is 12.3. The first-order valence-corrected chi connectivity index (χ1v) is 4.86. The number of para-hydroxylation sites is 1. The van der Waals surface area contributed by atoms with Crippen LogP contribution in [0.3, 0.4) is 0 Å². The molecule has 0 heterocycles. The maximum Gasteiger partial charge on any atom is 0.342 e. The summed E-state index contributed by atoms with van der Waals surface area (Å²) in [6.07, 6.45) is 1.61. The lowest BCUT2D eigenvalue weighted by Crippen LogP contribution is -2.05. The number of carbonyl (C=O) groups excluding carboxylic acids is 1. The minimum absolute atomic E-state index is 0.0614. The van der Waals surface area contributed by atoms with E-state index in [9.17, 15) is 9.90 Å². The van der Waals surface area contributed by atoms with E-state index in [1.807, 2.05) is 0 Å². The Labute approximate surface area is 93.8 Å². The van der Waals surface area contributed by atoms with Crippen LogP contribution in [0.4, 0.5) is 0 Å². The second kappa shape index (κ2) is 5.92. The van der Waals surface area contributed by atoms with E-state index in [0.29, 0.717) is 0 Å². The summed E-state index contributed by atoms with van der Waals surface area (Å²) in [5.41, 5.74) is 0.864. The van der Waals surface area contributed by atoms with Crippen LogP contribution in [0.15, 0.2) is 35.9 Å². The van der Waals surface area contributed by atoms with Crippen molar-refractivity contribution < 1.29 is 19.7 Å². The summed E-state index contributed by atoms with van der Waals surface area (Å²) in [6.45, 7) is 1.75. The molecular formula is C12H14O4. The topological polar surface area (TPSA) is 66.8 Å². The molecule has 0 radical (unpaired) electrons. The molecule has 0 atom stereocenters. The van der Waals surface area contributed by atoms with E-state index in [-0.39, 0.29) is 24.5 Å². The number of rotatable bonds is 4. The first-order valence-electron chi connectivity index (χ1n) is 4.86. The summed E-state index contributed by atoms with van der Waals surface area (Å²) in [5, 5.41) is 18.1. The van der Waals surface area contributed by atoms with Crippen molar-refractivity contribution in [2.75, 3.05) is 13.2 Å². The van der Waals surface area contributed by atoms with Crippen LogP contribution in [-0.2, 0) is 4.74 Å². The zero-order chi connectivity index (χ0) is 12.0. The third-order valence-electron chi connectivity index (χ3n) is 2.02. The third-order valence-corrected chi connectivity index (χ3v) is 2.02. The van der Waals surface area contributed by atoms with Crippen LogP contribution in [0.2, 0.25) is 0 Å². The highest BCUT2D eigenvalue weighted by Gasteiger charge is 2.10. The SMILES string of the molecule is CC(=CCOC(=O)c1ccccc1O)CO. The van der Waals surface area contributed by atoms with Crippen molar-refractivity contribution in [2.45, 2.75) is 6.92 Å². The number of benzene rings is 1. The largest absolute Gasteiger partial charge is 0.507 e. The average Bonchev–Trinajstić information content (AvgIpc) is 2.29. The van der Waals surface area contributed by atoms with Crippen molar-refractivity contribution in [3.05, 3.63) is 41.5 Å². The van der Waals surface area contributed by atoms with Crippen LogP contribution >= 0.6 is 0 Å². The molecule has 0 saturated heterocycles. The monoisotopic (exact) mass is 222 g/mol. The second-order valence-electron chi connectivity index (χ2n) is 3.32. The summed E-state index contributed by atoms with van der Waals surface area (Å²) >= 11 is 0. The molecule has 4 nitrogen and oxygen atoms in total. The Kier molecular flexibility index (Phi) is 4.54. The number of carbonyl (C=O) groups is 1. The fourth-order valence-electron chi connectivity index (χ4n) is 1.05. The van der Waals surface area contributed by atoms with Gasteiger partial charge in [0.15, 0.2) is 0 Å². The number of aromatic hydroxyl groups is 1. The minimum Gasteiger partial charge on any atom is -0.507 e. The Morgan fingerprint density at radius 2 is 2.12 bits per heavy atom. The number of hydrogen-bond acceptors (Lipinski definition) is 4. The first-order chi connectivity index (χ1) is 7.65. The molecular weight excluding hydrogens is 208 g/mol. The van der Waals surface area contributed by atoms with Gasteiger partial charge in [0.2, 0.25) is 0 Å². The molecule has 0 amide bonds. The highest BCUT2D eigenvalue weighted by atomic mass is 16.5. The van der Waals surface area contributed by atoms with E-state index in [1.165, 1.54) is 12.1 Å². The molecule has 1 aromatic rings. The second-order valence-corrected chi connectivity index (χ2v) is 3.32. The van der Waals surface area contributed by atoms with Crippen LogP contribution < -0.4 is 0 Å². The van der Waals surface area contributed by atoms with Gasteiger partial charge in [-0.05, 0) is 30.7 Å². The van der Waals surface area contributed by atoms with E-state index in [4.69, 9.17) is 9.84 Å². The van der Waals surface area contributed by atoms with Crippen LogP contribution in [-0.4, -0.2) is 29.4 Å². The molecule has 0 saturated carbocycles. The lowest BCUT2D eigenvalue weighted by atomic mass is 10.2. The van der Waals surface area contributed by atoms with Crippen molar-refractivity contribution in [2.24, 2.45) is 0 Å². The number of hydrogen-bond donors (Lipinski definition) is 2. The normalized spacial score (nSPS) is 11.2. The average molecular weight is 222 g/mol. The quantitative estimate of drug-likeness (QED) is 0.598. The molecule has 0 spiro atoms. The molecule has 86 valence electrons. The zero-order valence-corrected chi connectivity index (χ0v) is 9.01. The summed E-state index contributed by atoms with van der Waals surface area (Å²) in [7, 11) is 0. The molecule has 0 bridgehead atoms. The van der Waals surface area contributed by atoms with Gasteiger partial charge in [-0.25, -0.2) is 4.79 Å². The van der Waals surface area contributed by atoms with Gasteiger partial charge in [0.1, 0.15) is 17.9 Å². The fraction of sp³-hybridized carbons (Fsp3) is 0.250. The van der Waals surface area contributed by atoms with Crippen LogP contribution in [0.5, 0.6) is 5.75 Å². The molecule has 0 fully saturated rings. The van der Waals surface area contributed by atoms with Crippen LogP contribution in [0, 0.1) is 0 Å². The Hall–Kier alpha value is -1.81. The summed E-state index contributed by atoms with van der Waals surface area (Å²) < 4.78 is 4.89. The number of ether oxygens (including phenoxy) is 1. The molecule has 16 heavy (non-hydrogen) atoms. The Balaban J connectivity index is 2.57. The highest BCUT2D eigenvalue weighted by Crippen LogP contribution is 2.16. The van der Waals surface area contributed by atoms with Gasteiger partial charge in [0.05, 0.1) is 6.61 Å². The van der Waals surface area contributed by atoms with Crippen LogP contribution in [0.25, 0.3) is 0 Å². The van der Waals surface area contributed by atoms with Crippen molar-refractivity contribution in [3.8, 4) is 5.75 Å². The van der Waals surface area contributed by atoms with Gasteiger partial charge in [-0.3, -0.25) is 0 Å². The predicted molar refractivity (Wildman–Crippen MR) is 59.2 cm³/mol. The summed E-state index contributed by atoms with van der Waals surface area (Å²) in [6, 6.07) is 6.18. The molecule has 0 aliphatic heterocycles. The zero-order valence-electron chi connectivity index (χ0n) is 9.01. The van der Waals surface area contributed by atoms with Crippen molar-refractivity contribution in [1.29, 1.82) is 0 Å². The van der Waals surface area contributed by atoms with E-state index < -0.39 is 5.97 Å².